The number of nitrogens with one attached hydrogen (secondary N) is 1. The van der Waals surface area contributed by atoms with Gasteiger partial charge in [0, 0.05) is 22.5 Å². The Balaban J connectivity index is 2.70. The van der Waals surface area contributed by atoms with E-state index in [4.69, 9.17) is 0 Å². The molecule has 0 fully saturated rings. The molecule has 1 rings (SSSR count). The summed E-state index contributed by atoms with van der Waals surface area (Å²) < 4.78 is 0. The topological polar surface area (TPSA) is 49.3 Å². The molecule has 1 aromatic rings. The van der Waals surface area contributed by atoms with Crippen molar-refractivity contribution in [3.63, 3.8) is 0 Å². The van der Waals surface area contributed by atoms with Crippen LogP contribution in [-0.2, 0) is 0 Å². The van der Waals surface area contributed by atoms with E-state index in [9.17, 15) is 9.90 Å². The Morgan fingerprint density at radius 2 is 2.25 bits per heavy atom. The second-order valence-corrected chi connectivity index (χ2v) is 4.96. The van der Waals surface area contributed by atoms with Gasteiger partial charge in [-0.2, -0.15) is 0 Å². The van der Waals surface area contributed by atoms with Gasteiger partial charge < -0.3 is 10.4 Å². The molecule has 0 saturated carbocycles. The molecule has 0 aliphatic carbocycles. The number of halogens is 1. The number of rotatable bonds is 4. The Labute approximate surface area is 104 Å². The van der Waals surface area contributed by atoms with E-state index in [1.54, 1.807) is 25.1 Å². The molecule has 0 bridgehead atoms. The van der Waals surface area contributed by atoms with Crippen molar-refractivity contribution in [3.05, 3.63) is 29.3 Å². The van der Waals surface area contributed by atoms with E-state index in [0.29, 0.717) is 17.7 Å². The van der Waals surface area contributed by atoms with Gasteiger partial charge in [0.1, 0.15) is 5.75 Å². The van der Waals surface area contributed by atoms with Gasteiger partial charge in [-0.3, -0.25) is 4.79 Å². The highest BCUT2D eigenvalue weighted by Gasteiger charge is 2.11. The Hall–Kier alpha value is -1.03. The van der Waals surface area contributed by atoms with Gasteiger partial charge in [-0.1, -0.05) is 28.9 Å². The average Bonchev–Trinajstić information content (AvgIpc) is 2.29. The first-order chi connectivity index (χ1) is 7.56. The number of aromatic hydroxyl groups is 1. The predicted molar refractivity (Wildman–Crippen MR) is 68.2 cm³/mol. The van der Waals surface area contributed by atoms with E-state index < -0.39 is 0 Å². The van der Waals surface area contributed by atoms with Crippen molar-refractivity contribution >= 4 is 21.8 Å². The molecule has 1 atom stereocenters. The third-order valence-electron chi connectivity index (χ3n) is 2.48. The molecule has 0 heterocycles. The van der Waals surface area contributed by atoms with Crippen molar-refractivity contribution < 1.29 is 9.90 Å². The Kier molecular flexibility index (Phi) is 4.80. The SMILES string of the molecule is CCC(Br)CNC(=O)c1cccc(O)c1C. The Bertz CT molecular complexity index is 379. The van der Waals surface area contributed by atoms with Crippen LogP contribution in [-0.4, -0.2) is 22.4 Å². The van der Waals surface area contributed by atoms with Crippen molar-refractivity contribution in [2.45, 2.75) is 25.1 Å². The van der Waals surface area contributed by atoms with Gasteiger partial charge >= 0.3 is 0 Å². The number of hydrogen-bond donors (Lipinski definition) is 2. The van der Waals surface area contributed by atoms with Crippen LogP contribution in [0.2, 0.25) is 0 Å². The molecule has 0 spiro atoms. The molecule has 1 amide bonds. The second kappa shape index (κ2) is 5.89. The number of carbonyl (C=O) groups excluding carboxylic acids is 1. The maximum atomic E-state index is 11.8. The van der Waals surface area contributed by atoms with Crippen LogP contribution in [0.15, 0.2) is 18.2 Å². The fourth-order valence-electron chi connectivity index (χ4n) is 1.31. The fraction of sp³-hybridized carbons (Fsp3) is 0.417. The summed E-state index contributed by atoms with van der Waals surface area (Å²) in [5.74, 6) is 0.00448. The van der Waals surface area contributed by atoms with Crippen LogP contribution in [0.4, 0.5) is 0 Å². The summed E-state index contributed by atoms with van der Waals surface area (Å²) in [4.78, 5) is 12.1. The van der Waals surface area contributed by atoms with Gasteiger partial charge in [-0.05, 0) is 25.5 Å². The molecule has 0 aliphatic rings. The van der Waals surface area contributed by atoms with E-state index in [1.165, 1.54) is 0 Å². The van der Waals surface area contributed by atoms with E-state index in [2.05, 4.69) is 21.2 Å². The number of hydrogen-bond acceptors (Lipinski definition) is 2. The lowest BCUT2D eigenvalue weighted by molar-refractivity contribution is 0.0953. The first kappa shape index (κ1) is 13.0. The Morgan fingerprint density at radius 3 is 2.88 bits per heavy atom. The van der Waals surface area contributed by atoms with Crippen molar-refractivity contribution in [3.8, 4) is 5.75 Å². The molecule has 0 aromatic heterocycles. The van der Waals surface area contributed by atoms with E-state index in [1.807, 2.05) is 6.92 Å². The lowest BCUT2D eigenvalue weighted by Gasteiger charge is -2.11. The highest BCUT2D eigenvalue weighted by Crippen LogP contribution is 2.19. The first-order valence-electron chi connectivity index (χ1n) is 5.27. The van der Waals surface area contributed by atoms with Gasteiger partial charge in [0.05, 0.1) is 0 Å². The van der Waals surface area contributed by atoms with Crippen molar-refractivity contribution in [2.75, 3.05) is 6.54 Å². The second-order valence-electron chi connectivity index (χ2n) is 3.67. The number of phenols is 1. The zero-order chi connectivity index (χ0) is 12.1. The molecule has 1 aromatic carbocycles. The zero-order valence-corrected chi connectivity index (χ0v) is 11.0. The van der Waals surface area contributed by atoms with Crippen LogP contribution in [0.1, 0.15) is 29.3 Å². The van der Waals surface area contributed by atoms with Crippen LogP contribution in [0.3, 0.4) is 0 Å². The maximum absolute atomic E-state index is 11.8. The molecule has 2 N–H and O–H groups in total. The number of phenolic OH excluding ortho intramolecular Hbond substituents is 1. The third-order valence-corrected chi connectivity index (χ3v) is 3.45. The summed E-state index contributed by atoms with van der Waals surface area (Å²) in [7, 11) is 0. The van der Waals surface area contributed by atoms with Crippen molar-refractivity contribution in [1.29, 1.82) is 0 Å². The molecule has 16 heavy (non-hydrogen) atoms. The minimum absolute atomic E-state index is 0.147. The molecule has 1 unspecified atom stereocenters. The highest BCUT2D eigenvalue weighted by molar-refractivity contribution is 9.09. The number of amides is 1. The van der Waals surface area contributed by atoms with Gasteiger partial charge in [0.2, 0.25) is 0 Å². The molecular weight excluding hydrogens is 270 g/mol. The van der Waals surface area contributed by atoms with Gasteiger partial charge in [-0.15, -0.1) is 0 Å². The normalized spacial score (nSPS) is 12.2. The maximum Gasteiger partial charge on any atom is 0.251 e. The third kappa shape index (κ3) is 3.23. The van der Waals surface area contributed by atoms with Crippen LogP contribution >= 0.6 is 15.9 Å². The molecule has 3 nitrogen and oxygen atoms in total. The fourth-order valence-corrected chi connectivity index (χ4v) is 1.47. The zero-order valence-electron chi connectivity index (χ0n) is 9.46. The summed E-state index contributed by atoms with van der Waals surface area (Å²) in [6.45, 7) is 4.37. The predicted octanol–water partition coefficient (Wildman–Crippen LogP) is 2.60. The highest BCUT2D eigenvalue weighted by atomic mass is 79.9. The smallest absolute Gasteiger partial charge is 0.251 e. The summed E-state index contributed by atoms with van der Waals surface area (Å²) >= 11 is 3.45. The van der Waals surface area contributed by atoms with Crippen molar-refractivity contribution in [1.82, 2.24) is 5.32 Å². The molecule has 0 saturated heterocycles. The molecule has 0 aliphatic heterocycles. The molecule has 4 heteroatoms. The lowest BCUT2D eigenvalue weighted by Crippen LogP contribution is -2.29. The van der Waals surface area contributed by atoms with Crippen LogP contribution in [0.25, 0.3) is 0 Å². The summed E-state index contributed by atoms with van der Waals surface area (Å²) in [6.07, 6.45) is 0.958. The number of carbonyl (C=O) groups is 1. The minimum Gasteiger partial charge on any atom is -0.508 e. The minimum atomic E-state index is -0.147. The number of alkyl halides is 1. The number of benzene rings is 1. The summed E-state index contributed by atoms with van der Waals surface area (Å²) in [5.41, 5.74) is 1.14. The largest absolute Gasteiger partial charge is 0.508 e. The lowest BCUT2D eigenvalue weighted by atomic mass is 10.1. The van der Waals surface area contributed by atoms with Crippen LogP contribution < -0.4 is 5.32 Å². The first-order valence-corrected chi connectivity index (χ1v) is 6.18. The van der Waals surface area contributed by atoms with Crippen molar-refractivity contribution in [2.24, 2.45) is 0 Å². The molecular formula is C12H16BrNO2. The van der Waals surface area contributed by atoms with Gasteiger partial charge in [-0.25, -0.2) is 0 Å². The van der Waals surface area contributed by atoms with Crippen LogP contribution in [0, 0.1) is 6.92 Å². The van der Waals surface area contributed by atoms with E-state index in [-0.39, 0.29) is 16.5 Å². The summed E-state index contributed by atoms with van der Waals surface area (Å²) in [6, 6.07) is 4.95. The van der Waals surface area contributed by atoms with E-state index in [0.717, 1.165) is 6.42 Å². The monoisotopic (exact) mass is 285 g/mol. The molecule has 88 valence electrons. The quantitative estimate of drug-likeness (QED) is 0.836. The standard InChI is InChI=1S/C12H16BrNO2/c1-3-9(13)7-14-12(16)10-5-4-6-11(15)8(10)2/h4-6,9,15H,3,7H2,1-2H3,(H,14,16). The Morgan fingerprint density at radius 1 is 1.56 bits per heavy atom. The average molecular weight is 286 g/mol. The van der Waals surface area contributed by atoms with E-state index >= 15 is 0 Å². The van der Waals surface area contributed by atoms with Gasteiger partial charge in [0.15, 0.2) is 0 Å². The van der Waals surface area contributed by atoms with Gasteiger partial charge in [0.25, 0.3) is 5.91 Å². The summed E-state index contributed by atoms with van der Waals surface area (Å²) in [5, 5.41) is 12.3. The molecule has 0 radical (unpaired) electrons. The van der Waals surface area contributed by atoms with Crippen LogP contribution in [0.5, 0.6) is 5.75 Å².